The molecule has 2 radical (unpaired) electrons. The molecule has 3 heterocycles. The molecule has 0 spiro atoms. The van der Waals surface area contributed by atoms with Crippen molar-refractivity contribution >= 4 is 37.3 Å². The van der Waals surface area contributed by atoms with Crippen molar-refractivity contribution in [1.29, 1.82) is 0 Å². The van der Waals surface area contributed by atoms with Crippen molar-refractivity contribution in [2.75, 3.05) is 11.1 Å². The highest BCUT2D eigenvalue weighted by Gasteiger charge is 2.37. The standard InChI is InChI=1S/C22H21BN2O3S/c1-22(23)8-7-13-3-2-4-14(19(13)24-22)9-15-10-17(26)25-16(21(27)28)11-29-20(25)18(15)12-5-6-12/h2-4,7-8,10,12,16,24H,5-6,9,11H2,1H3,(H,27,28). The summed E-state index contributed by atoms with van der Waals surface area (Å²) in [6, 6.07) is 7.01. The molecule has 5 nitrogen and oxygen atoms in total. The van der Waals surface area contributed by atoms with E-state index in [1.807, 2.05) is 31.2 Å². The van der Waals surface area contributed by atoms with E-state index in [1.54, 1.807) is 6.07 Å². The van der Waals surface area contributed by atoms with E-state index in [1.165, 1.54) is 16.3 Å². The van der Waals surface area contributed by atoms with Gasteiger partial charge in [-0.15, -0.1) is 11.8 Å². The number of aliphatic carboxylic acids is 1. The van der Waals surface area contributed by atoms with Crippen LogP contribution in [0.4, 0.5) is 5.69 Å². The zero-order valence-electron chi connectivity index (χ0n) is 16.1. The van der Waals surface area contributed by atoms with Gasteiger partial charge in [0.2, 0.25) is 0 Å². The van der Waals surface area contributed by atoms with Crippen LogP contribution in [0.2, 0.25) is 0 Å². The number of pyridine rings is 1. The summed E-state index contributed by atoms with van der Waals surface area (Å²) in [5, 5.41) is 13.8. The summed E-state index contributed by atoms with van der Waals surface area (Å²) in [5.74, 6) is -0.117. The first kappa shape index (κ1) is 18.6. The molecule has 0 amide bonds. The Hall–Kier alpha value is -2.41. The summed E-state index contributed by atoms with van der Waals surface area (Å²) >= 11 is 1.50. The highest BCUT2D eigenvalue weighted by molar-refractivity contribution is 7.99. The maximum Gasteiger partial charge on any atom is 0.327 e. The molecule has 1 fully saturated rings. The molecule has 7 heteroatoms. The zero-order chi connectivity index (χ0) is 20.3. The average Bonchev–Trinajstić information content (AvgIpc) is 3.38. The maximum atomic E-state index is 12.9. The van der Waals surface area contributed by atoms with Crippen molar-refractivity contribution in [3.05, 3.63) is 62.9 Å². The molecule has 5 rings (SSSR count). The Morgan fingerprint density at radius 2 is 2.17 bits per heavy atom. The summed E-state index contributed by atoms with van der Waals surface area (Å²) in [6.07, 6.45) is 6.77. The Labute approximate surface area is 174 Å². The van der Waals surface area contributed by atoms with Crippen LogP contribution in [-0.2, 0) is 11.2 Å². The van der Waals surface area contributed by atoms with Crippen LogP contribution in [0.1, 0.15) is 54.0 Å². The first-order valence-electron chi connectivity index (χ1n) is 9.86. The van der Waals surface area contributed by atoms with Crippen molar-refractivity contribution < 1.29 is 9.90 Å². The van der Waals surface area contributed by atoms with Gasteiger partial charge in [-0.25, -0.2) is 4.79 Å². The Kier molecular flexibility index (Phi) is 4.21. The number of carboxylic acids is 1. The smallest absolute Gasteiger partial charge is 0.327 e. The quantitative estimate of drug-likeness (QED) is 0.765. The van der Waals surface area contributed by atoms with Gasteiger partial charge in [-0.1, -0.05) is 30.4 Å². The molecular formula is C22H21BN2O3S. The van der Waals surface area contributed by atoms with Gasteiger partial charge < -0.3 is 10.4 Å². The lowest BCUT2D eigenvalue weighted by molar-refractivity contribution is -0.140. The van der Waals surface area contributed by atoms with E-state index >= 15 is 0 Å². The molecule has 1 aromatic heterocycles. The molecule has 2 atom stereocenters. The van der Waals surface area contributed by atoms with E-state index in [9.17, 15) is 14.7 Å². The third-order valence-corrected chi connectivity index (χ3v) is 7.03. The summed E-state index contributed by atoms with van der Waals surface area (Å²) in [7, 11) is 6.27. The van der Waals surface area contributed by atoms with Crippen LogP contribution in [0.25, 0.3) is 6.08 Å². The number of rotatable bonds is 4. The van der Waals surface area contributed by atoms with Gasteiger partial charge in [-0.3, -0.25) is 9.36 Å². The van der Waals surface area contributed by atoms with Gasteiger partial charge in [-0.2, -0.15) is 0 Å². The van der Waals surface area contributed by atoms with Crippen LogP contribution in [0, 0.1) is 0 Å². The third-order valence-electron chi connectivity index (χ3n) is 5.86. The fraction of sp³-hybridized carbons (Fsp3) is 0.364. The second-order valence-corrected chi connectivity index (χ2v) is 9.34. The molecule has 2 unspecified atom stereocenters. The van der Waals surface area contributed by atoms with Gasteiger partial charge in [0.05, 0.1) is 5.03 Å². The number of benzene rings is 1. The minimum atomic E-state index is -0.941. The highest BCUT2D eigenvalue weighted by Crippen LogP contribution is 2.49. The van der Waals surface area contributed by atoms with Crippen molar-refractivity contribution in [3.8, 4) is 0 Å². The second-order valence-electron chi connectivity index (χ2n) is 8.34. The van der Waals surface area contributed by atoms with Crippen molar-refractivity contribution in [3.63, 3.8) is 0 Å². The fourth-order valence-electron chi connectivity index (χ4n) is 4.31. The molecule has 2 aromatic rings. The predicted molar refractivity (Wildman–Crippen MR) is 116 cm³/mol. The molecule has 2 aliphatic heterocycles. The molecular weight excluding hydrogens is 383 g/mol. The van der Waals surface area contributed by atoms with E-state index in [2.05, 4.69) is 11.4 Å². The lowest BCUT2D eigenvalue weighted by atomic mass is 9.76. The van der Waals surface area contributed by atoms with Crippen molar-refractivity contribution in [2.24, 2.45) is 0 Å². The van der Waals surface area contributed by atoms with Gasteiger partial charge in [0.25, 0.3) is 5.56 Å². The number of aromatic nitrogens is 1. The van der Waals surface area contributed by atoms with Gasteiger partial charge in [0.1, 0.15) is 13.9 Å². The number of carbonyl (C=O) groups is 1. The lowest BCUT2D eigenvalue weighted by Gasteiger charge is -2.31. The normalized spacial score (nSPS) is 24.7. The first-order valence-corrected chi connectivity index (χ1v) is 10.8. The van der Waals surface area contributed by atoms with Crippen molar-refractivity contribution in [2.45, 2.75) is 48.6 Å². The number of thioether (sulfide) groups is 1. The summed E-state index contributed by atoms with van der Waals surface area (Å²) in [5.41, 5.74) is 4.49. The van der Waals surface area contributed by atoms with Gasteiger partial charge in [-0.05, 0) is 47.9 Å². The summed E-state index contributed by atoms with van der Waals surface area (Å²) in [4.78, 5) is 24.5. The van der Waals surface area contributed by atoms with E-state index < -0.39 is 17.4 Å². The first-order chi connectivity index (χ1) is 13.8. The SMILES string of the molecule is [B]C1(C)C=Cc2cccc(Cc3cc(=O)n4c(c3C3CC3)SCC4C(=O)O)c2N1. The van der Waals surface area contributed by atoms with Crippen LogP contribution < -0.4 is 10.9 Å². The number of carboxylic acid groups (broad SMARTS) is 1. The second kappa shape index (κ2) is 6.56. The number of nitrogens with zero attached hydrogens (tertiary/aromatic N) is 1. The van der Waals surface area contributed by atoms with Crippen LogP contribution in [0.5, 0.6) is 0 Å². The average molecular weight is 404 g/mol. The number of para-hydroxylation sites is 1. The molecule has 1 aliphatic carbocycles. The topological polar surface area (TPSA) is 71.3 Å². The van der Waals surface area contributed by atoms with Crippen LogP contribution in [-0.4, -0.2) is 34.7 Å². The van der Waals surface area contributed by atoms with Gasteiger partial charge in [0.15, 0.2) is 0 Å². The fourth-order valence-corrected chi connectivity index (χ4v) is 5.73. The van der Waals surface area contributed by atoms with Crippen LogP contribution in [0.15, 0.2) is 40.2 Å². The Morgan fingerprint density at radius 3 is 2.90 bits per heavy atom. The van der Waals surface area contributed by atoms with Gasteiger partial charge in [0, 0.05) is 29.4 Å². The molecule has 0 bridgehead atoms. The summed E-state index contributed by atoms with van der Waals surface area (Å²) in [6.45, 7) is 1.92. The highest BCUT2D eigenvalue weighted by atomic mass is 32.2. The number of nitrogens with one attached hydrogen (secondary N) is 1. The molecule has 1 aromatic carbocycles. The Bertz CT molecular complexity index is 1120. The number of hydrogen-bond acceptors (Lipinski definition) is 4. The monoisotopic (exact) mass is 404 g/mol. The van der Waals surface area contributed by atoms with E-state index in [-0.39, 0.29) is 5.56 Å². The minimum Gasteiger partial charge on any atom is -0.480 e. The summed E-state index contributed by atoms with van der Waals surface area (Å²) < 4.78 is 1.49. The molecule has 29 heavy (non-hydrogen) atoms. The molecule has 1 saturated carbocycles. The van der Waals surface area contributed by atoms with Crippen molar-refractivity contribution in [1.82, 2.24) is 4.57 Å². The maximum absolute atomic E-state index is 12.9. The van der Waals surface area contributed by atoms with Gasteiger partial charge >= 0.3 is 5.97 Å². The Balaban J connectivity index is 1.61. The largest absolute Gasteiger partial charge is 0.480 e. The van der Waals surface area contributed by atoms with E-state index in [4.69, 9.17) is 7.85 Å². The van der Waals surface area contributed by atoms with E-state index in [0.717, 1.165) is 45.8 Å². The number of hydrogen-bond donors (Lipinski definition) is 2. The molecule has 2 N–H and O–H groups in total. The molecule has 0 saturated heterocycles. The third kappa shape index (κ3) is 3.21. The number of anilines is 1. The van der Waals surface area contributed by atoms with Crippen LogP contribution in [0.3, 0.4) is 0 Å². The lowest BCUT2D eigenvalue weighted by Crippen LogP contribution is -2.35. The minimum absolute atomic E-state index is 0.224. The van der Waals surface area contributed by atoms with Crippen LogP contribution >= 0.6 is 11.8 Å². The van der Waals surface area contributed by atoms with E-state index in [0.29, 0.717) is 18.1 Å². The molecule has 3 aliphatic rings. The number of fused-ring (bicyclic) bond motifs is 2. The molecule has 146 valence electrons. The Morgan fingerprint density at radius 1 is 1.38 bits per heavy atom. The zero-order valence-corrected chi connectivity index (χ0v) is 17.0. The predicted octanol–water partition coefficient (Wildman–Crippen LogP) is 3.37.